The van der Waals surface area contributed by atoms with Crippen molar-refractivity contribution < 1.29 is 14.3 Å². The molecule has 0 radical (unpaired) electrons. The number of primary amides is 1. The fourth-order valence-corrected chi connectivity index (χ4v) is 1.68. The predicted molar refractivity (Wildman–Crippen MR) is 68.0 cm³/mol. The van der Waals surface area contributed by atoms with E-state index in [1.165, 1.54) is 0 Å². The molecule has 0 aliphatic rings. The normalized spacial score (nSPS) is 11.6. The molecule has 1 unspecified atom stereocenters. The van der Waals surface area contributed by atoms with Crippen LogP contribution in [-0.2, 0) is 9.53 Å². The van der Waals surface area contributed by atoms with Crippen molar-refractivity contribution in [1.82, 2.24) is 5.32 Å². The highest BCUT2D eigenvalue weighted by Crippen LogP contribution is 2.19. The van der Waals surface area contributed by atoms with Crippen LogP contribution >= 0.6 is 0 Å². The average molecular weight is 250 g/mol. The summed E-state index contributed by atoms with van der Waals surface area (Å²) in [6.45, 7) is 2.43. The van der Waals surface area contributed by atoms with E-state index >= 15 is 0 Å². The molecule has 0 aliphatic carbocycles. The van der Waals surface area contributed by atoms with Crippen LogP contribution in [-0.4, -0.2) is 25.2 Å². The minimum absolute atomic E-state index is 0.127. The van der Waals surface area contributed by atoms with Gasteiger partial charge in [-0.05, 0) is 12.5 Å². The van der Waals surface area contributed by atoms with Crippen LogP contribution in [0.15, 0.2) is 30.3 Å². The van der Waals surface area contributed by atoms with Crippen molar-refractivity contribution in [1.29, 1.82) is 0 Å². The second kappa shape index (κ2) is 7.32. The summed E-state index contributed by atoms with van der Waals surface area (Å²) in [6.07, 6.45) is 0.220. The Labute approximate surface area is 106 Å². The van der Waals surface area contributed by atoms with Gasteiger partial charge in [0.1, 0.15) is 0 Å². The molecule has 18 heavy (non-hydrogen) atoms. The highest BCUT2D eigenvalue weighted by Gasteiger charge is 2.17. The molecule has 5 heteroatoms. The molecule has 0 saturated carbocycles. The molecule has 0 saturated heterocycles. The molecular formula is C13H18N2O3. The van der Waals surface area contributed by atoms with Gasteiger partial charge < -0.3 is 15.8 Å². The molecule has 98 valence electrons. The van der Waals surface area contributed by atoms with Crippen molar-refractivity contribution in [2.24, 2.45) is 5.73 Å². The molecule has 5 nitrogen and oxygen atoms in total. The smallest absolute Gasteiger partial charge is 0.312 e. The summed E-state index contributed by atoms with van der Waals surface area (Å²) in [5, 5.41) is 2.52. The van der Waals surface area contributed by atoms with Gasteiger partial charge in [0.2, 0.25) is 0 Å². The summed E-state index contributed by atoms with van der Waals surface area (Å²) < 4.78 is 4.92. The van der Waals surface area contributed by atoms with E-state index < -0.39 is 6.03 Å². The van der Waals surface area contributed by atoms with Crippen LogP contribution in [0.2, 0.25) is 0 Å². The minimum atomic E-state index is -0.597. The van der Waals surface area contributed by atoms with E-state index in [-0.39, 0.29) is 18.3 Å². The Bertz CT molecular complexity index is 392. The highest BCUT2D eigenvalue weighted by atomic mass is 16.5. The number of hydrogen-bond donors (Lipinski definition) is 2. The Kier molecular flexibility index (Phi) is 5.70. The Morgan fingerprint density at radius 1 is 1.33 bits per heavy atom. The Morgan fingerprint density at radius 2 is 2.00 bits per heavy atom. The number of carbonyl (C=O) groups is 2. The van der Waals surface area contributed by atoms with E-state index in [9.17, 15) is 9.59 Å². The molecule has 1 rings (SSSR count). The summed E-state index contributed by atoms with van der Waals surface area (Å²) in [5.74, 6) is -0.407. The first-order chi connectivity index (χ1) is 8.63. The van der Waals surface area contributed by atoms with Crippen LogP contribution in [0.1, 0.15) is 24.8 Å². The third-order valence-electron chi connectivity index (χ3n) is 2.51. The SMILES string of the molecule is CCOC(=O)CC(CNC(N)=O)c1ccccc1. The lowest BCUT2D eigenvalue weighted by Gasteiger charge is -2.16. The van der Waals surface area contributed by atoms with Crippen molar-refractivity contribution in [3.05, 3.63) is 35.9 Å². The number of ether oxygens (including phenoxy) is 1. The Hall–Kier alpha value is -2.04. The Balaban J connectivity index is 2.69. The van der Waals surface area contributed by atoms with Crippen LogP contribution in [0, 0.1) is 0 Å². The number of esters is 1. The summed E-state index contributed by atoms with van der Waals surface area (Å²) in [7, 11) is 0. The standard InChI is InChI=1S/C13H18N2O3/c1-2-18-12(16)8-11(9-15-13(14)17)10-6-4-3-5-7-10/h3-7,11H,2,8-9H2,1H3,(H3,14,15,17). The maximum absolute atomic E-state index is 11.5. The second-order valence-corrected chi connectivity index (χ2v) is 3.86. The average Bonchev–Trinajstić information content (AvgIpc) is 2.35. The zero-order chi connectivity index (χ0) is 13.4. The predicted octanol–water partition coefficient (Wildman–Crippen LogP) is 1.39. The van der Waals surface area contributed by atoms with E-state index in [1.54, 1.807) is 6.92 Å². The number of nitrogens with two attached hydrogens (primary N) is 1. The zero-order valence-electron chi connectivity index (χ0n) is 10.4. The first kappa shape index (κ1) is 14.0. The molecule has 0 spiro atoms. The largest absolute Gasteiger partial charge is 0.466 e. The fourth-order valence-electron chi connectivity index (χ4n) is 1.68. The lowest BCUT2D eigenvalue weighted by atomic mass is 9.96. The summed E-state index contributed by atoms with van der Waals surface area (Å²) in [6, 6.07) is 8.89. The molecule has 0 heterocycles. The molecule has 0 aliphatic heterocycles. The molecule has 2 amide bonds. The lowest BCUT2D eigenvalue weighted by Crippen LogP contribution is -2.33. The number of urea groups is 1. The zero-order valence-corrected chi connectivity index (χ0v) is 10.4. The van der Waals surface area contributed by atoms with E-state index in [1.807, 2.05) is 30.3 Å². The van der Waals surface area contributed by atoms with Gasteiger partial charge in [0.05, 0.1) is 13.0 Å². The summed E-state index contributed by atoms with van der Waals surface area (Å²) in [5.41, 5.74) is 6.01. The topological polar surface area (TPSA) is 81.4 Å². The van der Waals surface area contributed by atoms with Gasteiger partial charge in [-0.2, -0.15) is 0 Å². The lowest BCUT2D eigenvalue weighted by molar-refractivity contribution is -0.143. The Morgan fingerprint density at radius 3 is 2.56 bits per heavy atom. The van der Waals surface area contributed by atoms with E-state index in [2.05, 4.69) is 5.32 Å². The number of carbonyl (C=O) groups excluding carboxylic acids is 2. The number of nitrogens with one attached hydrogen (secondary N) is 1. The van der Waals surface area contributed by atoms with Gasteiger partial charge in [0, 0.05) is 12.5 Å². The molecule has 0 fully saturated rings. The molecule has 3 N–H and O–H groups in total. The van der Waals surface area contributed by atoms with Crippen LogP contribution in [0.4, 0.5) is 4.79 Å². The minimum Gasteiger partial charge on any atom is -0.466 e. The number of rotatable bonds is 6. The maximum Gasteiger partial charge on any atom is 0.312 e. The molecule has 1 aromatic rings. The molecular weight excluding hydrogens is 232 g/mol. The summed E-state index contributed by atoms with van der Waals surface area (Å²) >= 11 is 0. The van der Waals surface area contributed by atoms with E-state index in [0.717, 1.165) is 5.56 Å². The van der Waals surface area contributed by atoms with Gasteiger partial charge in [-0.15, -0.1) is 0 Å². The van der Waals surface area contributed by atoms with Gasteiger partial charge in [0.25, 0.3) is 0 Å². The van der Waals surface area contributed by atoms with Crippen molar-refractivity contribution >= 4 is 12.0 Å². The monoisotopic (exact) mass is 250 g/mol. The number of hydrogen-bond acceptors (Lipinski definition) is 3. The van der Waals surface area contributed by atoms with Gasteiger partial charge >= 0.3 is 12.0 Å². The molecule has 1 aromatic carbocycles. The van der Waals surface area contributed by atoms with Gasteiger partial charge in [-0.25, -0.2) is 4.79 Å². The number of amides is 2. The fraction of sp³-hybridized carbons (Fsp3) is 0.385. The first-order valence-corrected chi connectivity index (χ1v) is 5.87. The van der Waals surface area contributed by atoms with Crippen LogP contribution in [0.3, 0.4) is 0 Å². The molecule has 1 atom stereocenters. The third kappa shape index (κ3) is 4.86. The van der Waals surface area contributed by atoms with Crippen molar-refractivity contribution in [2.75, 3.05) is 13.2 Å². The quantitative estimate of drug-likeness (QED) is 0.748. The summed E-state index contributed by atoms with van der Waals surface area (Å²) in [4.78, 5) is 22.2. The van der Waals surface area contributed by atoms with Crippen LogP contribution in [0.25, 0.3) is 0 Å². The third-order valence-corrected chi connectivity index (χ3v) is 2.51. The molecule has 0 aromatic heterocycles. The van der Waals surface area contributed by atoms with E-state index in [0.29, 0.717) is 13.2 Å². The van der Waals surface area contributed by atoms with Crippen LogP contribution in [0.5, 0.6) is 0 Å². The second-order valence-electron chi connectivity index (χ2n) is 3.86. The van der Waals surface area contributed by atoms with Crippen molar-refractivity contribution in [2.45, 2.75) is 19.3 Å². The van der Waals surface area contributed by atoms with Crippen molar-refractivity contribution in [3.63, 3.8) is 0 Å². The first-order valence-electron chi connectivity index (χ1n) is 5.87. The van der Waals surface area contributed by atoms with Gasteiger partial charge in [0.15, 0.2) is 0 Å². The highest BCUT2D eigenvalue weighted by molar-refractivity contribution is 5.72. The van der Waals surface area contributed by atoms with Gasteiger partial charge in [-0.1, -0.05) is 30.3 Å². The van der Waals surface area contributed by atoms with Crippen LogP contribution < -0.4 is 11.1 Å². The maximum atomic E-state index is 11.5. The number of benzene rings is 1. The van der Waals surface area contributed by atoms with Gasteiger partial charge in [-0.3, -0.25) is 4.79 Å². The van der Waals surface area contributed by atoms with Crippen molar-refractivity contribution in [3.8, 4) is 0 Å². The van der Waals surface area contributed by atoms with E-state index in [4.69, 9.17) is 10.5 Å². The molecule has 0 bridgehead atoms.